The van der Waals surface area contributed by atoms with E-state index >= 15 is 0 Å². The number of hydrogen-bond donors (Lipinski definition) is 2. The van der Waals surface area contributed by atoms with Gasteiger partial charge in [-0.2, -0.15) is 0 Å². The van der Waals surface area contributed by atoms with Crippen molar-refractivity contribution in [2.75, 3.05) is 18.4 Å². The lowest BCUT2D eigenvalue weighted by Gasteiger charge is -2.39. The number of carbonyl (C=O) groups is 1. The van der Waals surface area contributed by atoms with Crippen LogP contribution in [0.1, 0.15) is 62.7 Å². The molecule has 2 aliphatic rings. The van der Waals surface area contributed by atoms with E-state index in [-0.39, 0.29) is 11.3 Å². The molecule has 0 atom stereocenters. The first-order valence-corrected chi connectivity index (χ1v) is 9.03. The molecule has 0 radical (unpaired) electrons. The molecule has 2 fully saturated rings. The maximum atomic E-state index is 12.5. The van der Waals surface area contributed by atoms with Gasteiger partial charge in [-0.25, -0.2) is 4.98 Å². The predicted molar refractivity (Wildman–Crippen MR) is 86.8 cm³/mol. The highest BCUT2D eigenvalue weighted by atomic mass is 32.1. The standard InChI is InChI=1S/C16H25N3OS/c1-2-6-16(7-3-8-16)14(20)19-15-18-11-13(21-15)12-4-9-17-10-5-12/h11-12,17H,2-10H2,1H3,(H,18,19,20). The molecule has 21 heavy (non-hydrogen) atoms. The lowest BCUT2D eigenvalue weighted by molar-refractivity contribution is -0.130. The zero-order valence-corrected chi connectivity index (χ0v) is 13.6. The molecule has 1 aromatic heterocycles. The third-order valence-electron chi connectivity index (χ3n) is 5.01. The lowest BCUT2D eigenvalue weighted by atomic mass is 9.65. The molecule has 5 heteroatoms. The molecule has 1 amide bonds. The zero-order chi connectivity index (χ0) is 14.7. The van der Waals surface area contributed by atoms with Gasteiger partial charge in [0.05, 0.1) is 0 Å². The Morgan fingerprint density at radius 3 is 2.86 bits per heavy atom. The van der Waals surface area contributed by atoms with Crippen molar-refractivity contribution in [3.63, 3.8) is 0 Å². The molecule has 2 N–H and O–H groups in total. The number of anilines is 1. The third kappa shape index (κ3) is 3.14. The summed E-state index contributed by atoms with van der Waals surface area (Å²) in [5.41, 5.74) is -0.102. The molecule has 0 unspecified atom stereocenters. The first kappa shape index (κ1) is 15.0. The van der Waals surface area contributed by atoms with Crippen LogP contribution in [0.15, 0.2) is 6.20 Å². The molecule has 1 aliphatic carbocycles. The van der Waals surface area contributed by atoms with E-state index in [1.54, 1.807) is 11.3 Å². The molecule has 0 bridgehead atoms. The highest BCUT2D eigenvalue weighted by Crippen LogP contribution is 2.46. The van der Waals surface area contributed by atoms with Crippen molar-refractivity contribution < 1.29 is 4.79 Å². The second-order valence-corrected chi connectivity index (χ2v) is 7.49. The molecule has 3 rings (SSSR count). The van der Waals surface area contributed by atoms with E-state index < -0.39 is 0 Å². The number of aromatic nitrogens is 1. The van der Waals surface area contributed by atoms with E-state index in [1.165, 1.54) is 24.1 Å². The lowest BCUT2D eigenvalue weighted by Crippen LogP contribution is -2.41. The van der Waals surface area contributed by atoms with Gasteiger partial charge in [-0.1, -0.05) is 19.8 Å². The molecule has 1 saturated carbocycles. The zero-order valence-electron chi connectivity index (χ0n) is 12.8. The van der Waals surface area contributed by atoms with Crippen LogP contribution in [0.4, 0.5) is 5.13 Å². The Hall–Kier alpha value is -0.940. The highest BCUT2D eigenvalue weighted by Gasteiger charge is 2.43. The Balaban J connectivity index is 1.62. The monoisotopic (exact) mass is 307 g/mol. The first-order valence-electron chi connectivity index (χ1n) is 8.21. The number of piperidine rings is 1. The van der Waals surface area contributed by atoms with Crippen LogP contribution in [-0.4, -0.2) is 24.0 Å². The molecule has 116 valence electrons. The van der Waals surface area contributed by atoms with E-state index in [2.05, 4.69) is 22.5 Å². The number of thiazole rings is 1. The number of nitrogens with one attached hydrogen (secondary N) is 2. The Morgan fingerprint density at radius 1 is 1.48 bits per heavy atom. The maximum Gasteiger partial charge on any atom is 0.232 e. The molecule has 0 aromatic carbocycles. The van der Waals surface area contributed by atoms with Gasteiger partial charge < -0.3 is 10.6 Å². The van der Waals surface area contributed by atoms with Crippen LogP contribution in [0.3, 0.4) is 0 Å². The van der Waals surface area contributed by atoms with E-state index in [9.17, 15) is 4.79 Å². The van der Waals surface area contributed by atoms with Crippen molar-refractivity contribution >= 4 is 22.4 Å². The normalized spacial score (nSPS) is 21.8. The molecule has 1 aromatic rings. The van der Waals surface area contributed by atoms with Gasteiger partial charge in [0.2, 0.25) is 5.91 Å². The number of hydrogen-bond acceptors (Lipinski definition) is 4. The second kappa shape index (κ2) is 6.44. The maximum absolute atomic E-state index is 12.5. The van der Waals surface area contributed by atoms with Crippen LogP contribution in [0.25, 0.3) is 0 Å². The molecule has 2 heterocycles. The van der Waals surface area contributed by atoms with E-state index in [4.69, 9.17) is 0 Å². The average Bonchev–Trinajstić information content (AvgIpc) is 2.92. The van der Waals surface area contributed by atoms with Gasteiger partial charge in [0, 0.05) is 16.5 Å². The summed E-state index contributed by atoms with van der Waals surface area (Å²) in [5.74, 6) is 0.810. The minimum Gasteiger partial charge on any atom is -0.317 e. The Morgan fingerprint density at radius 2 is 2.24 bits per heavy atom. The fourth-order valence-corrected chi connectivity index (χ4v) is 4.52. The summed E-state index contributed by atoms with van der Waals surface area (Å²) in [7, 11) is 0. The summed E-state index contributed by atoms with van der Waals surface area (Å²) < 4.78 is 0. The van der Waals surface area contributed by atoms with Gasteiger partial charge in [-0.15, -0.1) is 11.3 Å². The summed E-state index contributed by atoms with van der Waals surface area (Å²) in [4.78, 5) is 18.3. The van der Waals surface area contributed by atoms with Gasteiger partial charge >= 0.3 is 0 Å². The van der Waals surface area contributed by atoms with Crippen LogP contribution < -0.4 is 10.6 Å². The Labute approximate surface area is 130 Å². The van der Waals surface area contributed by atoms with Crippen molar-refractivity contribution in [1.29, 1.82) is 0 Å². The minimum absolute atomic E-state index is 0.102. The van der Waals surface area contributed by atoms with E-state index in [0.29, 0.717) is 5.92 Å². The largest absolute Gasteiger partial charge is 0.317 e. The van der Waals surface area contributed by atoms with Crippen LogP contribution in [0.5, 0.6) is 0 Å². The molecular formula is C16H25N3OS. The Bertz CT molecular complexity index is 489. The fraction of sp³-hybridized carbons (Fsp3) is 0.750. The molecule has 1 aliphatic heterocycles. The van der Waals surface area contributed by atoms with E-state index in [1.807, 2.05) is 6.20 Å². The minimum atomic E-state index is -0.102. The van der Waals surface area contributed by atoms with E-state index in [0.717, 1.165) is 43.9 Å². The summed E-state index contributed by atoms with van der Waals surface area (Å²) in [6, 6.07) is 0. The molecule has 0 spiro atoms. The average molecular weight is 307 g/mol. The van der Waals surface area contributed by atoms with Crippen molar-refractivity contribution in [3.05, 3.63) is 11.1 Å². The van der Waals surface area contributed by atoms with Crippen LogP contribution in [-0.2, 0) is 4.79 Å². The van der Waals surface area contributed by atoms with Gasteiger partial charge in [0.25, 0.3) is 0 Å². The van der Waals surface area contributed by atoms with Gasteiger partial charge in [-0.05, 0) is 51.1 Å². The van der Waals surface area contributed by atoms with Crippen molar-refractivity contribution in [1.82, 2.24) is 10.3 Å². The first-order chi connectivity index (χ1) is 10.2. The highest BCUT2D eigenvalue weighted by molar-refractivity contribution is 7.15. The number of nitrogens with zero attached hydrogens (tertiary/aromatic N) is 1. The van der Waals surface area contributed by atoms with Crippen LogP contribution in [0.2, 0.25) is 0 Å². The summed E-state index contributed by atoms with van der Waals surface area (Å²) in [6.07, 6.45) is 9.66. The summed E-state index contributed by atoms with van der Waals surface area (Å²) in [6.45, 7) is 4.33. The quantitative estimate of drug-likeness (QED) is 0.875. The number of amides is 1. The van der Waals surface area contributed by atoms with Crippen LogP contribution in [0, 0.1) is 5.41 Å². The number of carbonyl (C=O) groups excluding carboxylic acids is 1. The molecular weight excluding hydrogens is 282 g/mol. The summed E-state index contributed by atoms with van der Waals surface area (Å²) >= 11 is 1.67. The predicted octanol–water partition coefficient (Wildman–Crippen LogP) is 3.52. The Kier molecular flexibility index (Phi) is 4.60. The third-order valence-corrected chi connectivity index (χ3v) is 6.08. The van der Waals surface area contributed by atoms with Gasteiger partial charge in [0.15, 0.2) is 5.13 Å². The smallest absolute Gasteiger partial charge is 0.232 e. The van der Waals surface area contributed by atoms with Gasteiger partial charge in [-0.3, -0.25) is 4.79 Å². The molecule has 1 saturated heterocycles. The molecule has 4 nitrogen and oxygen atoms in total. The van der Waals surface area contributed by atoms with Crippen LogP contribution >= 0.6 is 11.3 Å². The SMILES string of the molecule is CCCC1(C(=O)Nc2ncc(C3CCNCC3)s2)CCC1. The summed E-state index contributed by atoms with van der Waals surface area (Å²) in [5, 5.41) is 7.26. The van der Waals surface area contributed by atoms with Crippen molar-refractivity contribution in [3.8, 4) is 0 Å². The van der Waals surface area contributed by atoms with Crippen molar-refractivity contribution in [2.45, 2.75) is 57.8 Å². The fourth-order valence-electron chi connectivity index (χ4n) is 3.54. The topological polar surface area (TPSA) is 54.0 Å². The van der Waals surface area contributed by atoms with Crippen molar-refractivity contribution in [2.24, 2.45) is 5.41 Å². The number of rotatable bonds is 5. The van der Waals surface area contributed by atoms with Gasteiger partial charge in [0.1, 0.15) is 0 Å². The second-order valence-electron chi connectivity index (χ2n) is 6.43.